The third kappa shape index (κ3) is 2.78. The second-order valence-electron chi connectivity index (χ2n) is 6.43. The minimum Gasteiger partial charge on any atom is -0.444 e. The molecule has 1 aromatic carbocycles. The zero-order chi connectivity index (χ0) is 14.4. The molecule has 1 aliphatic heterocycles. The summed E-state index contributed by atoms with van der Waals surface area (Å²) in [4.78, 5) is 14.1. The summed E-state index contributed by atoms with van der Waals surface area (Å²) >= 11 is 3.47. The van der Waals surface area contributed by atoms with Crippen LogP contribution in [-0.4, -0.2) is 16.6 Å². The highest BCUT2D eigenvalue weighted by Gasteiger charge is 2.41. The van der Waals surface area contributed by atoms with E-state index in [2.05, 4.69) is 41.9 Å². The number of fused-ring (bicyclic) bond motifs is 1. The van der Waals surface area contributed by atoms with Crippen LogP contribution in [0.5, 0.6) is 0 Å². The van der Waals surface area contributed by atoms with Gasteiger partial charge in [-0.05, 0) is 57.9 Å². The number of nitrogens with zero attached hydrogens (tertiary/aromatic N) is 1. The van der Waals surface area contributed by atoms with Crippen molar-refractivity contribution in [3.05, 3.63) is 33.8 Å². The molecule has 0 spiro atoms. The Bertz CT molecular complexity index is 517. The van der Waals surface area contributed by atoms with Gasteiger partial charge in [0.05, 0.1) is 12.1 Å². The Labute approximate surface area is 123 Å². The van der Waals surface area contributed by atoms with Gasteiger partial charge in [0.1, 0.15) is 5.60 Å². The van der Waals surface area contributed by atoms with Crippen molar-refractivity contribution in [2.75, 3.05) is 0 Å². The number of halogens is 1. The highest BCUT2D eigenvalue weighted by Crippen LogP contribution is 2.40. The monoisotopic (exact) mass is 325 g/mol. The van der Waals surface area contributed by atoms with Crippen LogP contribution in [0, 0.1) is 0 Å². The van der Waals surface area contributed by atoms with Crippen molar-refractivity contribution >= 4 is 22.0 Å². The van der Waals surface area contributed by atoms with Crippen molar-refractivity contribution < 1.29 is 9.53 Å². The van der Waals surface area contributed by atoms with E-state index in [0.29, 0.717) is 6.54 Å². The molecule has 3 nitrogen and oxygen atoms in total. The molecule has 0 bridgehead atoms. The summed E-state index contributed by atoms with van der Waals surface area (Å²) in [5.41, 5.74) is 1.55. The molecule has 1 aliphatic rings. The molecule has 0 saturated carbocycles. The van der Waals surface area contributed by atoms with Crippen molar-refractivity contribution in [3.8, 4) is 0 Å². The lowest BCUT2D eigenvalue weighted by atomic mass is 9.94. The number of carbonyl (C=O) groups excluding carboxylic acids is 1. The maximum atomic E-state index is 12.3. The van der Waals surface area contributed by atoms with Crippen molar-refractivity contribution in [2.45, 2.75) is 52.3 Å². The normalized spacial score (nSPS) is 17.3. The van der Waals surface area contributed by atoms with Gasteiger partial charge in [-0.1, -0.05) is 22.0 Å². The van der Waals surface area contributed by atoms with Crippen LogP contribution in [0.4, 0.5) is 4.79 Å². The molecule has 0 N–H and O–H groups in total. The number of benzene rings is 1. The largest absolute Gasteiger partial charge is 0.444 e. The lowest BCUT2D eigenvalue weighted by Crippen LogP contribution is -2.43. The summed E-state index contributed by atoms with van der Waals surface area (Å²) in [6.07, 6.45) is -0.259. The highest BCUT2D eigenvalue weighted by atomic mass is 79.9. The maximum absolute atomic E-state index is 12.3. The summed E-state index contributed by atoms with van der Waals surface area (Å²) in [7, 11) is 0. The zero-order valence-electron chi connectivity index (χ0n) is 12.1. The second kappa shape index (κ2) is 4.51. The number of hydrogen-bond donors (Lipinski definition) is 0. The molecule has 1 amide bonds. The predicted molar refractivity (Wildman–Crippen MR) is 78.9 cm³/mol. The Morgan fingerprint density at radius 2 is 2.00 bits per heavy atom. The molecule has 104 valence electrons. The van der Waals surface area contributed by atoms with Gasteiger partial charge in [-0.25, -0.2) is 4.79 Å². The van der Waals surface area contributed by atoms with E-state index in [1.165, 1.54) is 11.1 Å². The molecular formula is C15H20BrNO2. The molecule has 1 aromatic rings. The van der Waals surface area contributed by atoms with Crippen LogP contribution >= 0.6 is 15.9 Å². The summed E-state index contributed by atoms with van der Waals surface area (Å²) in [6, 6.07) is 6.16. The fraction of sp³-hybridized carbons (Fsp3) is 0.533. The highest BCUT2D eigenvalue weighted by molar-refractivity contribution is 9.10. The first-order chi connectivity index (χ1) is 8.61. The van der Waals surface area contributed by atoms with Gasteiger partial charge in [0, 0.05) is 4.47 Å². The number of amides is 1. The van der Waals surface area contributed by atoms with Gasteiger partial charge in [0.25, 0.3) is 0 Å². The summed E-state index contributed by atoms with van der Waals surface area (Å²) in [6.45, 7) is 10.4. The lowest BCUT2D eigenvalue weighted by Gasteiger charge is -2.34. The van der Waals surface area contributed by atoms with E-state index in [9.17, 15) is 4.79 Å². The van der Waals surface area contributed by atoms with Gasteiger partial charge in [0.2, 0.25) is 0 Å². The molecule has 1 heterocycles. The van der Waals surface area contributed by atoms with Crippen molar-refractivity contribution in [2.24, 2.45) is 0 Å². The van der Waals surface area contributed by atoms with Gasteiger partial charge < -0.3 is 4.74 Å². The Balaban J connectivity index is 2.30. The summed E-state index contributed by atoms with van der Waals surface area (Å²) < 4.78 is 6.53. The number of rotatable bonds is 0. The van der Waals surface area contributed by atoms with Crippen LogP contribution in [0.2, 0.25) is 0 Å². The van der Waals surface area contributed by atoms with E-state index in [0.717, 1.165) is 4.47 Å². The van der Waals surface area contributed by atoms with Crippen LogP contribution in [0.3, 0.4) is 0 Å². The standard InChI is InChI=1S/C15H20BrNO2/c1-14(2,3)19-13(18)17-9-10-8-11(16)6-7-12(10)15(17,4)5/h6-8H,9H2,1-5H3. The van der Waals surface area contributed by atoms with Gasteiger partial charge in [-0.3, -0.25) is 4.90 Å². The number of hydrogen-bond acceptors (Lipinski definition) is 2. The Kier molecular flexibility index (Phi) is 3.42. The number of carbonyl (C=O) groups is 1. The SMILES string of the molecule is CC(C)(C)OC(=O)N1Cc2cc(Br)ccc2C1(C)C. The van der Waals surface area contributed by atoms with Crippen molar-refractivity contribution in [1.82, 2.24) is 4.90 Å². The van der Waals surface area contributed by atoms with E-state index in [1.54, 1.807) is 4.90 Å². The van der Waals surface area contributed by atoms with Crippen molar-refractivity contribution in [3.63, 3.8) is 0 Å². The molecule has 0 unspecified atom stereocenters. The minimum atomic E-state index is -0.470. The summed E-state index contributed by atoms with van der Waals surface area (Å²) in [5, 5.41) is 0. The first kappa shape index (κ1) is 14.4. The quantitative estimate of drug-likeness (QED) is 0.706. The molecule has 4 heteroatoms. The van der Waals surface area contributed by atoms with Gasteiger partial charge >= 0.3 is 6.09 Å². The Morgan fingerprint density at radius 1 is 1.37 bits per heavy atom. The molecule has 2 rings (SSSR count). The fourth-order valence-electron chi connectivity index (χ4n) is 2.41. The average Bonchev–Trinajstić information content (AvgIpc) is 2.47. The third-order valence-corrected chi connectivity index (χ3v) is 3.84. The average molecular weight is 326 g/mol. The minimum absolute atomic E-state index is 0.259. The Hall–Kier alpha value is -1.03. The van der Waals surface area contributed by atoms with Crippen LogP contribution < -0.4 is 0 Å². The van der Waals surface area contributed by atoms with E-state index in [1.807, 2.05) is 26.8 Å². The van der Waals surface area contributed by atoms with Gasteiger partial charge in [-0.15, -0.1) is 0 Å². The van der Waals surface area contributed by atoms with E-state index in [4.69, 9.17) is 4.74 Å². The van der Waals surface area contributed by atoms with E-state index >= 15 is 0 Å². The molecule has 0 fully saturated rings. The molecule has 0 radical (unpaired) electrons. The molecule has 0 saturated heterocycles. The lowest BCUT2D eigenvalue weighted by molar-refractivity contribution is 0.00519. The van der Waals surface area contributed by atoms with E-state index < -0.39 is 5.60 Å². The maximum Gasteiger partial charge on any atom is 0.411 e. The molecular weight excluding hydrogens is 306 g/mol. The first-order valence-electron chi connectivity index (χ1n) is 6.41. The van der Waals surface area contributed by atoms with Crippen LogP contribution in [0.1, 0.15) is 45.7 Å². The molecule has 19 heavy (non-hydrogen) atoms. The van der Waals surface area contributed by atoms with Crippen LogP contribution in [0.15, 0.2) is 22.7 Å². The van der Waals surface area contributed by atoms with Gasteiger partial charge in [-0.2, -0.15) is 0 Å². The topological polar surface area (TPSA) is 29.5 Å². The van der Waals surface area contributed by atoms with Crippen LogP contribution in [0.25, 0.3) is 0 Å². The molecule has 0 atom stereocenters. The predicted octanol–water partition coefficient (Wildman–Crippen LogP) is 4.43. The van der Waals surface area contributed by atoms with E-state index in [-0.39, 0.29) is 11.6 Å². The zero-order valence-corrected chi connectivity index (χ0v) is 13.7. The van der Waals surface area contributed by atoms with Crippen molar-refractivity contribution in [1.29, 1.82) is 0 Å². The third-order valence-electron chi connectivity index (χ3n) is 3.34. The smallest absolute Gasteiger partial charge is 0.411 e. The van der Waals surface area contributed by atoms with Crippen LogP contribution in [-0.2, 0) is 16.8 Å². The van der Waals surface area contributed by atoms with Gasteiger partial charge in [0.15, 0.2) is 0 Å². The Morgan fingerprint density at radius 3 is 2.58 bits per heavy atom. The second-order valence-corrected chi connectivity index (χ2v) is 7.34. The fourth-order valence-corrected chi connectivity index (χ4v) is 2.82. The summed E-state index contributed by atoms with van der Waals surface area (Å²) in [5.74, 6) is 0. The molecule has 0 aliphatic carbocycles. The molecule has 0 aromatic heterocycles. The number of ether oxygens (including phenoxy) is 1. The first-order valence-corrected chi connectivity index (χ1v) is 7.20.